The second-order valence-electron chi connectivity index (χ2n) is 5.39. The molecule has 0 fully saturated rings. The normalized spacial score (nSPS) is 11.8. The van der Waals surface area contributed by atoms with Gasteiger partial charge in [-0.15, -0.1) is 0 Å². The van der Waals surface area contributed by atoms with E-state index >= 15 is 0 Å². The second kappa shape index (κ2) is 9.06. The fraction of sp³-hybridized carbons (Fsp3) is 0.200. The maximum absolute atomic E-state index is 12.3. The summed E-state index contributed by atoms with van der Waals surface area (Å²) in [6.07, 6.45) is 1.87. The average Bonchev–Trinajstić information content (AvgIpc) is 2.66. The maximum Gasteiger partial charge on any atom is 0.331 e. The number of methoxy groups -OCH3 is 2. The SMILES string of the molecule is COc1ccc(OC)c(/C=C/C(=O)O[C@H](C)C(=O)c2ccc(Cl)cc2)c1. The third-order valence-corrected chi connectivity index (χ3v) is 3.88. The van der Waals surface area contributed by atoms with Gasteiger partial charge in [-0.2, -0.15) is 0 Å². The third-order valence-electron chi connectivity index (χ3n) is 3.63. The van der Waals surface area contributed by atoms with Gasteiger partial charge in [-0.3, -0.25) is 4.79 Å². The molecule has 0 aliphatic carbocycles. The number of Topliss-reactive ketones (excluding diaryl/α,β-unsaturated/α-hetero) is 1. The molecule has 2 aromatic carbocycles. The quantitative estimate of drug-likeness (QED) is 0.413. The van der Waals surface area contributed by atoms with E-state index in [1.165, 1.54) is 20.1 Å². The Labute approximate surface area is 157 Å². The summed E-state index contributed by atoms with van der Waals surface area (Å²) in [6, 6.07) is 11.6. The van der Waals surface area contributed by atoms with Crippen molar-refractivity contribution in [3.05, 3.63) is 64.7 Å². The van der Waals surface area contributed by atoms with E-state index in [2.05, 4.69) is 0 Å². The largest absolute Gasteiger partial charge is 0.497 e. The highest BCUT2D eigenvalue weighted by Crippen LogP contribution is 2.25. The maximum atomic E-state index is 12.3. The van der Waals surface area contributed by atoms with Gasteiger partial charge in [-0.1, -0.05) is 11.6 Å². The molecule has 0 heterocycles. The topological polar surface area (TPSA) is 61.8 Å². The number of benzene rings is 2. The fourth-order valence-electron chi connectivity index (χ4n) is 2.24. The van der Waals surface area contributed by atoms with Crippen LogP contribution in [0.3, 0.4) is 0 Å². The van der Waals surface area contributed by atoms with E-state index in [4.69, 9.17) is 25.8 Å². The Balaban J connectivity index is 2.04. The molecule has 0 saturated carbocycles. The molecule has 0 amide bonds. The standard InChI is InChI=1S/C20H19ClO5/c1-13(20(23)14-4-7-16(21)8-5-14)26-19(22)11-6-15-12-17(24-2)9-10-18(15)25-3/h4-13H,1-3H3/b11-6+/t13-/m1/s1. The lowest BCUT2D eigenvalue weighted by Gasteiger charge is -2.11. The number of carbonyl (C=O) groups excluding carboxylic acids is 2. The molecule has 5 nitrogen and oxygen atoms in total. The average molecular weight is 375 g/mol. The van der Waals surface area contributed by atoms with E-state index in [0.29, 0.717) is 27.6 Å². The first-order chi connectivity index (χ1) is 12.4. The number of rotatable bonds is 7. The van der Waals surface area contributed by atoms with Crippen molar-refractivity contribution >= 4 is 29.4 Å². The Kier molecular flexibility index (Phi) is 6.81. The molecule has 2 rings (SSSR count). The van der Waals surface area contributed by atoms with Crippen LogP contribution in [0.1, 0.15) is 22.8 Å². The zero-order chi connectivity index (χ0) is 19.1. The summed E-state index contributed by atoms with van der Waals surface area (Å²) in [4.78, 5) is 24.3. The molecule has 2 aromatic rings. The number of hydrogen-bond donors (Lipinski definition) is 0. The van der Waals surface area contributed by atoms with Gasteiger partial charge in [0.05, 0.1) is 14.2 Å². The van der Waals surface area contributed by atoms with Crippen LogP contribution < -0.4 is 9.47 Å². The molecule has 0 saturated heterocycles. The van der Waals surface area contributed by atoms with Gasteiger partial charge in [0.25, 0.3) is 0 Å². The summed E-state index contributed by atoms with van der Waals surface area (Å²) >= 11 is 5.80. The summed E-state index contributed by atoms with van der Waals surface area (Å²) in [7, 11) is 3.08. The highest BCUT2D eigenvalue weighted by molar-refractivity contribution is 6.30. The molecule has 0 aliphatic heterocycles. The number of hydrogen-bond acceptors (Lipinski definition) is 5. The lowest BCUT2D eigenvalue weighted by molar-refractivity contribution is -0.140. The molecule has 6 heteroatoms. The summed E-state index contributed by atoms with van der Waals surface area (Å²) in [5.41, 5.74) is 1.08. The van der Waals surface area contributed by atoms with Gasteiger partial charge in [0.15, 0.2) is 6.10 Å². The van der Waals surface area contributed by atoms with Crippen LogP contribution in [0.5, 0.6) is 11.5 Å². The van der Waals surface area contributed by atoms with Gasteiger partial charge in [0.2, 0.25) is 5.78 Å². The summed E-state index contributed by atoms with van der Waals surface area (Å²) in [5.74, 6) is 0.275. The van der Waals surface area contributed by atoms with Crippen LogP contribution in [0, 0.1) is 0 Å². The van der Waals surface area contributed by atoms with Gasteiger partial charge in [-0.05, 0) is 55.5 Å². The Bertz CT molecular complexity index is 811. The molecule has 0 aliphatic rings. The predicted octanol–water partition coefficient (Wildman–Crippen LogP) is 4.19. The molecule has 0 unspecified atom stereocenters. The van der Waals surface area contributed by atoms with Crippen molar-refractivity contribution in [1.82, 2.24) is 0 Å². The van der Waals surface area contributed by atoms with Gasteiger partial charge in [0, 0.05) is 22.2 Å². The zero-order valence-electron chi connectivity index (χ0n) is 14.7. The monoisotopic (exact) mass is 374 g/mol. The molecule has 0 radical (unpaired) electrons. The van der Waals surface area contributed by atoms with E-state index in [0.717, 1.165) is 0 Å². The minimum absolute atomic E-state index is 0.303. The van der Waals surface area contributed by atoms with Crippen LogP contribution in [0.15, 0.2) is 48.5 Å². The molecule has 0 N–H and O–H groups in total. The Morgan fingerprint density at radius 1 is 1.04 bits per heavy atom. The van der Waals surface area contributed by atoms with Crippen LogP contribution in [0.25, 0.3) is 6.08 Å². The Hall–Kier alpha value is -2.79. The van der Waals surface area contributed by atoms with E-state index in [1.54, 1.807) is 55.7 Å². The molecule has 136 valence electrons. The zero-order valence-corrected chi connectivity index (χ0v) is 15.4. The van der Waals surface area contributed by atoms with Gasteiger partial charge in [-0.25, -0.2) is 4.79 Å². The minimum Gasteiger partial charge on any atom is -0.497 e. The minimum atomic E-state index is -0.916. The van der Waals surface area contributed by atoms with Gasteiger partial charge in [0.1, 0.15) is 11.5 Å². The van der Waals surface area contributed by atoms with E-state index in [9.17, 15) is 9.59 Å². The van der Waals surface area contributed by atoms with E-state index < -0.39 is 12.1 Å². The first-order valence-corrected chi connectivity index (χ1v) is 8.23. The fourth-order valence-corrected chi connectivity index (χ4v) is 2.37. The highest BCUT2D eigenvalue weighted by Gasteiger charge is 2.18. The molecule has 1 atom stereocenters. The number of esters is 1. The molecule has 0 spiro atoms. The first kappa shape index (κ1) is 19.5. The lowest BCUT2D eigenvalue weighted by Crippen LogP contribution is -2.23. The van der Waals surface area contributed by atoms with Crippen LogP contribution in [0.4, 0.5) is 0 Å². The smallest absolute Gasteiger partial charge is 0.331 e. The van der Waals surface area contributed by atoms with Gasteiger partial charge >= 0.3 is 5.97 Å². The molecular formula is C20H19ClO5. The Morgan fingerprint density at radius 3 is 2.35 bits per heavy atom. The summed E-state index contributed by atoms with van der Waals surface area (Å²) < 4.78 is 15.6. The predicted molar refractivity (Wildman–Crippen MR) is 99.9 cm³/mol. The van der Waals surface area contributed by atoms with Crippen LogP contribution >= 0.6 is 11.6 Å². The number of ether oxygens (including phenoxy) is 3. The van der Waals surface area contributed by atoms with E-state index in [-0.39, 0.29) is 5.78 Å². The molecule has 26 heavy (non-hydrogen) atoms. The van der Waals surface area contributed by atoms with Crippen LogP contribution in [0.2, 0.25) is 5.02 Å². The van der Waals surface area contributed by atoms with Crippen molar-refractivity contribution in [3.63, 3.8) is 0 Å². The Morgan fingerprint density at radius 2 is 1.73 bits per heavy atom. The van der Waals surface area contributed by atoms with Crippen molar-refractivity contribution in [2.24, 2.45) is 0 Å². The van der Waals surface area contributed by atoms with Crippen LogP contribution in [-0.2, 0) is 9.53 Å². The first-order valence-electron chi connectivity index (χ1n) is 7.85. The molecule has 0 bridgehead atoms. The van der Waals surface area contributed by atoms with Crippen molar-refractivity contribution in [2.45, 2.75) is 13.0 Å². The van der Waals surface area contributed by atoms with Crippen LogP contribution in [-0.4, -0.2) is 32.1 Å². The number of ketones is 1. The van der Waals surface area contributed by atoms with Crippen molar-refractivity contribution in [2.75, 3.05) is 14.2 Å². The number of carbonyl (C=O) groups is 2. The van der Waals surface area contributed by atoms with Crippen molar-refractivity contribution < 1.29 is 23.8 Å². The van der Waals surface area contributed by atoms with Crippen molar-refractivity contribution in [3.8, 4) is 11.5 Å². The second-order valence-corrected chi connectivity index (χ2v) is 5.83. The number of halogens is 1. The molecular weight excluding hydrogens is 356 g/mol. The summed E-state index contributed by atoms with van der Waals surface area (Å²) in [5, 5.41) is 0.529. The van der Waals surface area contributed by atoms with Gasteiger partial charge < -0.3 is 14.2 Å². The molecule has 0 aromatic heterocycles. The highest BCUT2D eigenvalue weighted by atomic mass is 35.5. The lowest BCUT2D eigenvalue weighted by atomic mass is 10.1. The third kappa shape index (κ3) is 5.10. The summed E-state index contributed by atoms with van der Waals surface area (Å²) in [6.45, 7) is 1.52. The van der Waals surface area contributed by atoms with E-state index in [1.807, 2.05) is 0 Å². The van der Waals surface area contributed by atoms with Crippen molar-refractivity contribution in [1.29, 1.82) is 0 Å².